The Morgan fingerprint density at radius 1 is 0.657 bits per heavy atom. The summed E-state index contributed by atoms with van der Waals surface area (Å²) < 4.78 is 10.8. The van der Waals surface area contributed by atoms with Crippen molar-refractivity contribution in [2.45, 2.75) is 52.7 Å². The summed E-state index contributed by atoms with van der Waals surface area (Å²) in [5.74, 6) is 21.0. The van der Waals surface area contributed by atoms with E-state index in [1.165, 1.54) is 0 Å². The molecule has 4 nitrogen and oxygen atoms in total. The van der Waals surface area contributed by atoms with Crippen LogP contribution in [0.5, 0.6) is 0 Å². The maximum Gasteiger partial charge on any atom is 0.325 e. The Morgan fingerprint density at radius 2 is 1.03 bits per heavy atom. The average Bonchev–Trinajstić information content (AvgIpc) is 2.82. The summed E-state index contributed by atoms with van der Waals surface area (Å²) in [6.07, 6.45) is -1.14. The zero-order valence-corrected chi connectivity index (χ0v) is 20.5. The van der Waals surface area contributed by atoms with Gasteiger partial charge in [-0.1, -0.05) is 60.1 Å². The maximum absolute atomic E-state index is 13.1. The summed E-state index contributed by atoms with van der Waals surface area (Å²) in [6.45, 7) is 6.85. The highest BCUT2D eigenvalue weighted by Gasteiger charge is 2.49. The average molecular weight is 465 g/mol. The van der Waals surface area contributed by atoms with Crippen LogP contribution in [-0.2, 0) is 19.1 Å². The first-order valence-corrected chi connectivity index (χ1v) is 11.3. The van der Waals surface area contributed by atoms with Gasteiger partial charge in [-0.15, -0.1) is 0 Å². The Labute approximate surface area is 208 Å². The summed E-state index contributed by atoms with van der Waals surface area (Å²) in [5.41, 5.74) is -0.0825. The van der Waals surface area contributed by atoms with Crippen LogP contribution in [0.4, 0.5) is 0 Å². The summed E-state index contributed by atoms with van der Waals surface area (Å²) in [7, 11) is 0. The first-order valence-electron chi connectivity index (χ1n) is 11.3. The van der Waals surface area contributed by atoms with Crippen LogP contribution in [0.2, 0.25) is 0 Å². The zero-order chi connectivity index (χ0) is 25.5. The number of rotatable bonds is 6. The second-order valence-electron chi connectivity index (χ2n) is 8.18. The molecule has 2 aromatic rings. The molecule has 35 heavy (non-hydrogen) atoms. The van der Waals surface area contributed by atoms with Gasteiger partial charge in [-0.25, -0.2) is 0 Å². The number of esters is 2. The Kier molecular flexibility index (Phi) is 10.8. The summed E-state index contributed by atoms with van der Waals surface area (Å²) in [5, 5.41) is 0. The lowest BCUT2D eigenvalue weighted by Crippen LogP contribution is -2.43. The Morgan fingerprint density at radius 3 is 1.37 bits per heavy atom. The van der Waals surface area contributed by atoms with E-state index in [1.807, 2.05) is 60.7 Å². The number of carbonyl (C=O) groups excluding carboxylic acids is 2. The van der Waals surface area contributed by atoms with Crippen LogP contribution in [0.25, 0.3) is 0 Å². The molecule has 0 radical (unpaired) electrons. The molecule has 4 heteroatoms. The molecule has 2 rings (SSSR count). The second kappa shape index (κ2) is 14.0. The van der Waals surface area contributed by atoms with Crippen molar-refractivity contribution in [2.24, 2.45) is 5.41 Å². The lowest BCUT2D eigenvalue weighted by Gasteiger charge is -2.27. The molecule has 176 valence electrons. The van der Waals surface area contributed by atoms with Crippen molar-refractivity contribution in [3.63, 3.8) is 0 Å². The number of ether oxygens (including phenoxy) is 2. The van der Waals surface area contributed by atoms with Crippen molar-refractivity contribution in [1.82, 2.24) is 0 Å². The molecule has 0 N–H and O–H groups in total. The molecule has 0 aromatic heterocycles. The molecule has 0 atom stereocenters. The molecule has 0 amide bonds. The highest BCUT2D eigenvalue weighted by molar-refractivity contribution is 6.01. The van der Waals surface area contributed by atoms with E-state index in [0.717, 1.165) is 11.1 Å². The molecule has 0 saturated heterocycles. The lowest BCUT2D eigenvalue weighted by atomic mass is 9.81. The van der Waals surface area contributed by atoms with Crippen LogP contribution in [0.3, 0.4) is 0 Å². The summed E-state index contributed by atoms with van der Waals surface area (Å²) in [4.78, 5) is 26.3. The van der Waals surface area contributed by atoms with Crippen LogP contribution in [0.15, 0.2) is 60.7 Å². The van der Waals surface area contributed by atoms with E-state index in [0.29, 0.717) is 0 Å². The van der Waals surface area contributed by atoms with Gasteiger partial charge in [0.05, 0.1) is 12.2 Å². The van der Waals surface area contributed by atoms with Gasteiger partial charge in [0.15, 0.2) is 5.41 Å². The number of hydrogen-bond acceptors (Lipinski definition) is 4. The molecule has 0 aliphatic rings. The van der Waals surface area contributed by atoms with Gasteiger partial charge in [0.2, 0.25) is 0 Å². The summed E-state index contributed by atoms with van der Waals surface area (Å²) >= 11 is 0. The fourth-order valence-corrected chi connectivity index (χ4v) is 2.82. The first-order chi connectivity index (χ1) is 16.8. The van der Waals surface area contributed by atoms with Crippen molar-refractivity contribution in [1.29, 1.82) is 0 Å². The van der Waals surface area contributed by atoms with Gasteiger partial charge in [0, 0.05) is 24.0 Å². The number of hydrogen-bond donors (Lipinski definition) is 0. The van der Waals surface area contributed by atoms with Gasteiger partial charge in [0.1, 0.15) is 0 Å². The molecule has 2 aromatic carbocycles. The standard InChI is InChI=1S/C31H28O4/c1-25(2)34-29(32)31(30(33)35-26(3)4,23-15-7-13-21-27-17-9-5-10-18-27)24-16-8-14-22-28-19-11-6-12-20-28/h5-6,9-12,17-20,25-26H,23-24H2,1-4H3. The minimum Gasteiger partial charge on any atom is -0.462 e. The predicted octanol–water partition coefficient (Wildman–Crippen LogP) is 4.77. The van der Waals surface area contributed by atoms with Crippen molar-refractivity contribution in [2.75, 3.05) is 0 Å². The third-order valence-electron chi connectivity index (χ3n) is 4.51. The predicted molar refractivity (Wildman–Crippen MR) is 136 cm³/mol. The monoisotopic (exact) mass is 464 g/mol. The van der Waals surface area contributed by atoms with Gasteiger partial charge in [-0.2, -0.15) is 0 Å². The summed E-state index contributed by atoms with van der Waals surface area (Å²) in [6, 6.07) is 18.8. The van der Waals surface area contributed by atoms with E-state index in [2.05, 4.69) is 47.4 Å². The van der Waals surface area contributed by atoms with Crippen LogP contribution in [0.1, 0.15) is 51.7 Å². The maximum atomic E-state index is 13.1. The fourth-order valence-electron chi connectivity index (χ4n) is 2.82. The van der Waals surface area contributed by atoms with E-state index < -0.39 is 29.6 Å². The SMILES string of the molecule is CC(C)OC(=O)C(CC#CC#Cc1ccccc1)(CC#CC#Cc1ccccc1)C(=O)OC(C)C. The van der Waals surface area contributed by atoms with E-state index in [4.69, 9.17) is 9.47 Å². The molecule has 0 unspecified atom stereocenters. The van der Waals surface area contributed by atoms with Crippen LogP contribution < -0.4 is 0 Å². The van der Waals surface area contributed by atoms with Crippen LogP contribution in [-0.4, -0.2) is 24.1 Å². The third-order valence-corrected chi connectivity index (χ3v) is 4.51. The van der Waals surface area contributed by atoms with Crippen molar-refractivity contribution in [3.05, 3.63) is 71.8 Å². The molecule has 0 bridgehead atoms. The fraction of sp³-hybridized carbons (Fsp3) is 0.290. The van der Waals surface area contributed by atoms with E-state index in [-0.39, 0.29) is 12.8 Å². The van der Waals surface area contributed by atoms with E-state index in [1.54, 1.807) is 27.7 Å². The molecule has 0 fully saturated rings. The molecule has 0 heterocycles. The Bertz CT molecular complexity index is 1140. The van der Waals surface area contributed by atoms with Crippen molar-refractivity contribution < 1.29 is 19.1 Å². The van der Waals surface area contributed by atoms with Gasteiger partial charge in [-0.05, 0) is 75.6 Å². The zero-order valence-electron chi connectivity index (χ0n) is 20.5. The first kappa shape index (κ1) is 26.9. The second-order valence-corrected chi connectivity index (χ2v) is 8.18. The highest BCUT2D eigenvalue weighted by atomic mass is 16.6. The van der Waals surface area contributed by atoms with E-state index >= 15 is 0 Å². The normalized spacial score (nSPS) is 9.77. The quantitative estimate of drug-likeness (QED) is 0.351. The largest absolute Gasteiger partial charge is 0.462 e. The van der Waals surface area contributed by atoms with Crippen LogP contribution in [0, 0.1) is 52.8 Å². The Balaban J connectivity index is 2.35. The lowest BCUT2D eigenvalue weighted by molar-refractivity contribution is -0.176. The Hall–Kier alpha value is -4.38. The molecule has 0 saturated carbocycles. The van der Waals surface area contributed by atoms with Crippen molar-refractivity contribution >= 4 is 11.9 Å². The van der Waals surface area contributed by atoms with Crippen LogP contribution >= 0.6 is 0 Å². The van der Waals surface area contributed by atoms with Crippen molar-refractivity contribution in [3.8, 4) is 47.4 Å². The number of benzene rings is 2. The van der Waals surface area contributed by atoms with Gasteiger partial charge in [0.25, 0.3) is 0 Å². The van der Waals surface area contributed by atoms with E-state index in [9.17, 15) is 9.59 Å². The molecule has 0 aliphatic heterocycles. The van der Waals surface area contributed by atoms with Gasteiger partial charge < -0.3 is 9.47 Å². The third kappa shape index (κ3) is 9.18. The minimum atomic E-state index is -1.71. The molecule has 0 aliphatic carbocycles. The molecular weight excluding hydrogens is 436 g/mol. The minimum absolute atomic E-state index is 0.144. The topological polar surface area (TPSA) is 52.6 Å². The van der Waals surface area contributed by atoms with Gasteiger partial charge >= 0.3 is 11.9 Å². The highest BCUT2D eigenvalue weighted by Crippen LogP contribution is 2.31. The molecular formula is C31H28O4. The van der Waals surface area contributed by atoms with Gasteiger partial charge in [-0.3, -0.25) is 9.59 Å². The smallest absolute Gasteiger partial charge is 0.325 e. The molecule has 0 spiro atoms. The number of carbonyl (C=O) groups is 2.